The van der Waals surface area contributed by atoms with Gasteiger partial charge in [-0.1, -0.05) is 40.6 Å². The lowest BCUT2D eigenvalue weighted by atomic mass is 10.2. The lowest BCUT2D eigenvalue weighted by molar-refractivity contribution is 0.0692. The first-order chi connectivity index (χ1) is 8.00. The number of rotatable bonds is 2. The molecule has 1 heterocycles. The number of nitrogens with two attached hydrogens (primary N) is 1. The van der Waals surface area contributed by atoms with E-state index in [1.54, 1.807) is 18.2 Å². The number of nitrogens with zero attached hydrogens (tertiary/aromatic N) is 1. The molecule has 0 fully saturated rings. The van der Waals surface area contributed by atoms with Crippen LogP contribution in [0.3, 0.4) is 0 Å². The fourth-order valence-electron chi connectivity index (χ4n) is 1.29. The maximum absolute atomic E-state index is 10.8. The molecule has 2 aromatic rings. The van der Waals surface area contributed by atoms with Gasteiger partial charge < -0.3 is 10.8 Å². The highest BCUT2D eigenvalue weighted by Gasteiger charge is 2.19. The van der Waals surface area contributed by atoms with Crippen LogP contribution in [-0.4, -0.2) is 16.1 Å². The fraction of sp³-hybridized carbons (Fsp3) is 0. The van der Waals surface area contributed by atoms with Crippen LogP contribution in [0.25, 0.3) is 10.6 Å². The smallest absolute Gasteiger partial charge is 0.357 e. The van der Waals surface area contributed by atoms with Crippen LogP contribution in [0.1, 0.15) is 10.5 Å². The van der Waals surface area contributed by atoms with Gasteiger partial charge in [-0.25, -0.2) is 9.78 Å². The second-order valence-electron chi connectivity index (χ2n) is 3.13. The zero-order valence-electron chi connectivity index (χ0n) is 8.28. The molecule has 0 amide bonds. The highest BCUT2D eigenvalue weighted by atomic mass is 35.5. The van der Waals surface area contributed by atoms with E-state index in [2.05, 4.69) is 4.98 Å². The lowest BCUT2D eigenvalue weighted by Crippen LogP contribution is -2.00. The van der Waals surface area contributed by atoms with Gasteiger partial charge in [0.2, 0.25) is 0 Å². The Morgan fingerprint density at radius 2 is 1.94 bits per heavy atom. The second kappa shape index (κ2) is 4.52. The summed E-state index contributed by atoms with van der Waals surface area (Å²) in [6, 6.07) is 5.00. The van der Waals surface area contributed by atoms with Crippen molar-refractivity contribution < 1.29 is 9.90 Å². The number of anilines is 1. The second-order valence-corrected chi connectivity index (χ2v) is 4.98. The quantitative estimate of drug-likeness (QED) is 0.888. The molecule has 0 spiro atoms. The summed E-state index contributed by atoms with van der Waals surface area (Å²) in [7, 11) is 0. The van der Waals surface area contributed by atoms with Crippen molar-refractivity contribution in [3.8, 4) is 10.6 Å². The number of hydrogen-bond acceptors (Lipinski definition) is 4. The minimum absolute atomic E-state index is 0.128. The molecule has 2 rings (SSSR count). The molecule has 0 saturated carbocycles. The first-order valence-corrected chi connectivity index (χ1v) is 6.02. The normalized spacial score (nSPS) is 10.5. The predicted molar refractivity (Wildman–Crippen MR) is 68.9 cm³/mol. The summed E-state index contributed by atoms with van der Waals surface area (Å²) < 4.78 is 0. The van der Waals surface area contributed by atoms with Gasteiger partial charge in [-0.05, 0) is 12.1 Å². The summed E-state index contributed by atoms with van der Waals surface area (Å²) in [5.74, 6) is -1.17. The topological polar surface area (TPSA) is 76.2 Å². The molecule has 0 aliphatic heterocycles. The Bertz CT molecular complexity index is 578. The first kappa shape index (κ1) is 12.2. The van der Waals surface area contributed by atoms with Crippen LogP contribution in [0.2, 0.25) is 10.0 Å². The molecule has 0 unspecified atom stereocenters. The Labute approximate surface area is 111 Å². The molecule has 1 aromatic carbocycles. The van der Waals surface area contributed by atoms with Gasteiger partial charge in [-0.2, -0.15) is 0 Å². The zero-order valence-corrected chi connectivity index (χ0v) is 10.6. The molecule has 0 aliphatic carbocycles. The van der Waals surface area contributed by atoms with Crippen LogP contribution >= 0.6 is 34.5 Å². The Morgan fingerprint density at radius 3 is 2.41 bits per heavy atom. The van der Waals surface area contributed by atoms with Crippen molar-refractivity contribution in [2.24, 2.45) is 0 Å². The van der Waals surface area contributed by atoms with Crippen molar-refractivity contribution in [1.82, 2.24) is 4.98 Å². The van der Waals surface area contributed by atoms with Crippen LogP contribution in [-0.2, 0) is 0 Å². The maximum Gasteiger partial charge on any atom is 0.357 e. The molecule has 0 atom stereocenters. The van der Waals surface area contributed by atoms with Crippen LogP contribution in [0.4, 0.5) is 5.00 Å². The molecule has 88 valence electrons. The number of carbonyl (C=O) groups is 1. The van der Waals surface area contributed by atoms with Crippen molar-refractivity contribution >= 4 is 45.5 Å². The molecule has 1 aromatic heterocycles. The van der Waals surface area contributed by atoms with Crippen LogP contribution in [0.5, 0.6) is 0 Å². The molecule has 17 heavy (non-hydrogen) atoms. The van der Waals surface area contributed by atoms with E-state index in [1.165, 1.54) is 0 Å². The van der Waals surface area contributed by atoms with E-state index < -0.39 is 5.97 Å². The van der Waals surface area contributed by atoms with Gasteiger partial charge in [-0.15, -0.1) is 0 Å². The van der Waals surface area contributed by atoms with E-state index in [4.69, 9.17) is 34.0 Å². The van der Waals surface area contributed by atoms with E-state index in [9.17, 15) is 4.79 Å². The average molecular weight is 289 g/mol. The Hall–Kier alpha value is -1.30. The highest BCUT2D eigenvalue weighted by molar-refractivity contribution is 7.19. The number of aromatic nitrogens is 1. The summed E-state index contributed by atoms with van der Waals surface area (Å²) in [5.41, 5.74) is 5.89. The van der Waals surface area contributed by atoms with E-state index >= 15 is 0 Å². The number of aromatic carboxylic acids is 1. The molecule has 0 bridgehead atoms. The number of carboxylic acid groups (broad SMARTS) is 1. The third-order valence-corrected chi connectivity index (χ3v) is 3.56. The number of halogens is 2. The fourth-order valence-corrected chi connectivity index (χ4v) is 2.88. The summed E-state index contributed by atoms with van der Waals surface area (Å²) >= 11 is 13.0. The SMILES string of the molecule is Nc1sc(-c2c(Cl)cccc2Cl)nc1C(=O)O. The zero-order chi connectivity index (χ0) is 12.6. The highest BCUT2D eigenvalue weighted by Crippen LogP contribution is 2.38. The van der Waals surface area contributed by atoms with Gasteiger partial charge in [0.1, 0.15) is 10.0 Å². The van der Waals surface area contributed by atoms with Gasteiger partial charge in [0.15, 0.2) is 5.69 Å². The van der Waals surface area contributed by atoms with Crippen molar-refractivity contribution in [3.05, 3.63) is 33.9 Å². The molecule has 0 aliphatic rings. The van der Waals surface area contributed by atoms with E-state index in [0.29, 0.717) is 20.6 Å². The van der Waals surface area contributed by atoms with Crippen molar-refractivity contribution in [3.63, 3.8) is 0 Å². The summed E-state index contributed by atoms with van der Waals surface area (Å²) in [5, 5.41) is 10.2. The number of hydrogen-bond donors (Lipinski definition) is 2. The van der Waals surface area contributed by atoms with Crippen molar-refractivity contribution in [2.45, 2.75) is 0 Å². The third-order valence-electron chi connectivity index (χ3n) is 2.03. The summed E-state index contributed by atoms with van der Waals surface area (Å²) in [6.07, 6.45) is 0. The molecule has 0 radical (unpaired) electrons. The number of carboxylic acids is 1. The summed E-state index contributed by atoms with van der Waals surface area (Å²) in [4.78, 5) is 14.8. The molecule has 3 N–H and O–H groups in total. The molecule has 7 heteroatoms. The number of benzene rings is 1. The minimum atomic E-state index is -1.17. The molecule has 4 nitrogen and oxygen atoms in total. The largest absolute Gasteiger partial charge is 0.476 e. The monoisotopic (exact) mass is 288 g/mol. The van der Waals surface area contributed by atoms with Crippen LogP contribution in [0.15, 0.2) is 18.2 Å². The van der Waals surface area contributed by atoms with Gasteiger partial charge in [0.05, 0.1) is 10.0 Å². The van der Waals surface area contributed by atoms with E-state index in [1.807, 2.05) is 0 Å². The van der Waals surface area contributed by atoms with E-state index in [-0.39, 0.29) is 10.7 Å². The lowest BCUT2D eigenvalue weighted by Gasteiger charge is -2.01. The molecule has 0 saturated heterocycles. The maximum atomic E-state index is 10.8. The average Bonchev–Trinajstić information content (AvgIpc) is 2.60. The first-order valence-electron chi connectivity index (χ1n) is 4.44. The van der Waals surface area contributed by atoms with Gasteiger partial charge in [0, 0.05) is 5.56 Å². The molecular formula is C10H6Cl2N2O2S. The third kappa shape index (κ3) is 2.22. The number of nitrogen functional groups attached to an aromatic ring is 1. The predicted octanol–water partition coefficient (Wildman–Crippen LogP) is 3.40. The Balaban J connectivity index is 2.62. The van der Waals surface area contributed by atoms with Crippen LogP contribution < -0.4 is 5.73 Å². The Kier molecular flexibility index (Phi) is 3.24. The number of thiazole rings is 1. The van der Waals surface area contributed by atoms with Gasteiger partial charge in [0.25, 0.3) is 0 Å². The van der Waals surface area contributed by atoms with Crippen LogP contribution in [0, 0.1) is 0 Å². The standard InChI is InChI=1S/C10H6Cl2N2O2S/c11-4-2-1-3-5(12)6(4)9-14-7(10(15)16)8(13)17-9/h1-3H,13H2,(H,15,16). The summed E-state index contributed by atoms with van der Waals surface area (Å²) in [6.45, 7) is 0. The van der Waals surface area contributed by atoms with E-state index in [0.717, 1.165) is 11.3 Å². The van der Waals surface area contributed by atoms with Crippen molar-refractivity contribution in [1.29, 1.82) is 0 Å². The minimum Gasteiger partial charge on any atom is -0.476 e. The Morgan fingerprint density at radius 1 is 1.35 bits per heavy atom. The molecular weight excluding hydrogens is 283 g/mol. The van der Waals surface area contributed by atoms with Gasteiger partial charge >= 0.3 is 5.97 Å². The van der Waals surface area contributed by atoms with Crippen molar-refractivity contribution in [2.75, 3.05) is 5.73 Å². The van der Waals surface area contributed by atoms with Gasteiger partial charge in [-0.3, -0.25) is 0 Å².